The van der Waals surface area contributed by atoms with E-state index in [1.165, 1.54) is 70.6 Å². The first kappa shape index (κ1) is 45.4. The van der Waals surface area contributed by atoms with Gasteiger partial charge in [-0.3, -0.25) is 9.59 Å². The van der Waals surface area contributed by atoms with Crippen LogP contribution >= 0.6 is 0 Å². The van der Waals surface area contributed by atoms with Gasteiger partial charge in [-0.05, 0) is 77.0 Å². The van der Waals surface area contributed by atoms with Gasteiger partial charge in [0.1, 0.15) is 6.10 Å². The number of carbonyl (C=O) groups excluding carboxylic acids is 1. The van der Waals surface area contributed by atoms with E-state index in [1.54, 1.807) is 0 Å². The Kier molecular flexibility index (Phi) is 36.7. The fourth-order valence-corrected chi connectivity index (χ4v) is 5.56. The summed E-state index contributed by atoms with van der Waals surface area (Å²) in [6.45, 7) is 4.40. The van der Waals surface area contributed by atoms with E-state index >= 15 is 0 Å². The first-order chi connectivity index (χ1) is 23.6. The van der Waals surface area contributed by atoms with Crippen LogP contribution in [-0.2, 0) is 14.3 Å². The van der Waals surface area contributed by atoms with Crippen LogP contribution in [-0.4, -0.2) is 23.1 Å². The number of rotatable bonds is 35. The molecular weight excluding hydrogens is 592 g/mol. The Hall–Kier alpha value is -2.62. The smallest absolute Gasteiger partial charge is 0.306 e. The molecule has 0 saturated carbocycles. The lowest BCUT2D eigenvalue weighted by molar-refractivity contribution is -0.149. The molecule has 0 aliphatic rings. The maximum Gasteiger partial charge on any atom is 0.306 e. The Balaban J connectivity index is 4.05. The summed E-state index contributed by atoms with van der Waals surface area (Å²) in [6, 6.07) is 0. The molecule has 0 amide bonds. The van der Waals surface area contributed by atoms with Crippen molar-refractivity contribution in [1.29, 1.82) is 0 Å². The number of unbranched alkanes of at least 4 members (excludes halogenated alkanes) is 14. The van der Waals surface area contributed by atoms with E-state index in [4.69, 9.17) is 9.84 Å². The third-order valence-electron chi connectivity index (χ3n) is 8.46. The topological polar surface area (TPSA) is 63.6 Å². The lowest BCUT2D eigenvalue weighted by atomic mass is 10.0. The number of aliphatic carboxylic acids is 1. The predicted molar refractivity (Wildman–Crippen MR) is 208 cm³/mol. The standard InChI is InChI=1S/C44H74O4/c1-3-5-7-9-10-11-12-13-14-15-16-17-18-19-23-26-29-33-37-41-44(47)48-42(38-34-30-8-6-4-2)39-35-31-27-24-21-20-22-25-28-32-36-40-43(45)46/h5,7,10-11,13-14,16-17,19,23,29,33,42H,3-4,6,8-9,12,15,18,20-22,24-28,30-32,34-41H2,1-2H3,(H,45,46)/b7-5-,11-10-,14-13-,17-16-,23-19-,33-29-. The second kappa shape index (κ2) is 38.8. The summed E-state index contributed by atoms with van der Waals surface area (Å²) in [6.07, 6.45) is 55.2. The van der Waals surface area contributed by atoms with Crippen molar-refractivity contribution in [3.05, 3.63) is 72.9 Å². The van der Waals surface area contributed by atoms with E-state index < -0.39 is 5.97 Å². The van der Waals surface area contributed by atoms with Gasteiger partial charge in [-0.25, -0.2) is 0 Å². The predicted octanol–water partition coefficient (Wildman–Crippen LogP) is 13.9. The highest BCUT2D eigenvalue weighted by Gasteiger charge is 2.14. The molecule has 0 radical (unpaired) electrons. The third kappa shape index (κ3) is 37.8. The molecule has 1 atom stereocenters. The van der Waals surface area contributed by atoms with Crippen LogP contribution in [0.1, 0.15) is 187 Å². The van der Waals surface area contributed by atoms with Crippen molar-refractivity contribution in [1.82, 2.24) is 0 Å². The Morgan fingerprint density at radius 3 is 1.27 bits per heavy atom. The summed E-state index contributed by atoms with van der Waals surface area (Å²) in [5.41, 5.74) is 0. The zero-order valence-electron chi connectivity index (χ0n) is 31.3. The van der Waals surface area contributed by atoms with Gasteiger partial charge in [0.25, 0.3) is 0 Å². The number of allylic oxidation sites excluding steroid dienone is 12. The SMILES string of the molecule is CC/C=C\C/C=C\C/C=C\C/C=C\C/C=C\C/C=C\CCC(=O)OC(CCCCCCC)CCCCCCCCCCCCCC(=O)O. The van der Waals surface area contributed by atoms with Gasteiger partial charge in [0.05, 0.1) is 0 Å². The normalized spacial score (nSPS) is 13.0. The first-order valence-electron chi connectivity index (χ1n) is 19.9. The van der Waals surface area contributed by atoms with E-state index in [-0.39, 0.29) is 12.1 Å². The molecule has 0 saturated heterocycles. The summed E-state index contributed by atoms with van der Waals surface area (Å²) in [7, 11) is 0. The van der Waals surface area contributed by atoms with Gasteiger partial charge in [0.15, 0.2) is 0 Å². The number of hydrogen-bond donors (Lipinski definition) is 1. The fraction of sp³-hybridized carbons (Fsp3) is 0.682. The van der Waals surface area contributed by atoms with Crippen LogP contribution in [0.25, 0.3) is 0 Å². The molecule has 4 nitrogen and oxygen atoms in total. The second-order valence-electron chi connectivity index (χ2n) is 13.1. The maximum absolute atomic E-state index is 12.6. The fourth-order valence-electron chi connectivity index (χ4n) is 5.56. The molecule has 0 aliphatic carbocycles. The van der Waals surface area contributed by atoms with Gasteiger partial charge >= 0.3 is 11.9 Å². The molecule has 0 aromatic heterocycles. The monoisotopic (exact) mass is 667 g/mol. The molecule has 0 bridgehead atoms. The van der Waals surface area contributed by atoms with Crippen LogP contribution in [0, 0.1) is 0 Å². The number of carbonyl (C=O) groups is 2. The average molecular weight is 667 g/mol. The molecule has 48 heavy (non-hydrogen) atoms. The molecule has 0 spiro atoms. The first-order valence-corrected chi connectivity index (χ1v) is 19.9. The Morgan fingerprint density at radius 1 is 0.479 bits per heavy atom. The molecular formula is C44H74O4. The minimum Gasteiger partial charge on any atom is -0.481 e. The van der Waals surface area contributed by atoms with Gasteiger partial charge in [-0.1, -0.05) is 170 Å². The van der Waals surface area contributed by atoms with Gasteiger partial charge in [-0.15, -0.1) is 0 Å². The molecule has 0 aromatic carbocycles. The van der Waals surface area contributed by atoms with Crippen molar-refractivity contribution in [2.75, 3.05) is 0 Å². The number of ether oxygens (including phenoxy) is 1. The van der Waals surface area contributed by atoms with Gasteiger partial charge in [-0.2, -0.15) is 0 Å². The van der Waals surface area contributed by atoms with Crippen LogP contribution in [0.4, 0.5) is 0 Å². The molecule has 1 N–H and O–H groups in total. The average Bonchev–Trinajstić information content (AvgIpc) is 3.07. The highest BCUT2D eigenvalue weighted by Crippen LogP contribution is 2.18. The van der Waals surface area contributed by atoms with E-state index in [1.807, 2.05) is 0 Å². The highest BCUT2D eigenvalue weighted by molar-refractivity contribution is 5.69. The van der Waals surface area contributed by atoms with E-state index in [9.17, 15) is 9.59 Å². The van der Waals surface area contributed by atoms with E-state index in [0.717, 1.165) is 89.9 Å². The van der Waals surface area contributed by atoms with Gasteiger partial charge in [0, 0.05) is 12.8 Å². The van der Waals surface area contributed by atoms with Gasteiger partial charge in [0.2, 0.25) is 0 Å². The molecule has 0 rings (SSSR count). The Morgan fingerprint density at radius 2 is 0.854 bits per heavy atom. The quantitative estimate of drug-likeness (QED) is 0.0415. The number of carboxylic acid groups (broad SMARTS) is 1. The van der Waals surface area contributed by atoms with Crippen molar-refractivity contribution in [3.63, 3.8) is 0 Å². The van der Waals surface area contributed by atoms with E-state index in [0.29, 0.717) is 12.8 Å². The van der Waals surface area contributed by atoms with E-state index in [2.05, 4.69) is 86.8 Å². The van der Waals surface area contributed by atoms with Crippen molar-refractivity contribution in [2.24, 2.45) is 0 Å². The lowest BCUT2D eigenvalue weighted by Crippen LogP contribution is -2.18. The molecule has 1 unspecified atom stereocenters. The Bertz CT molecular complexity index is 892. The summed E-state index contributed by atoms with van der Waals surface area (Å²) in [4.78, 5) is 23.2. The van der Waals surface area contributed by atoms with Crippen molar-refractivity contribution >= 4 is 11.9 Å². The van der Waals surface area contributed by atoms with Gasteiger partial charge < -0.3 is 9.84 Å². The van der Waals surface area contributed by atoms with Crippen molar-refractivity contribution in [2.45, 2.75) is 193 Å². The van der Waals surface area contributed by atoms with Crippen LogP contribution in [0.3, 0.4) is 0 Å². The minimum atomic E-state index is -0.677. The molecule has 274 valence electrons. The molecule has 4 heteroatoms. The number of esters is 1. The zero-order valence-corrected chi connectivity index (χ0v) is 31.3. The lowest BCUT2D eigenvalue weighted by Gasteiger charge is -2.18. The summed E-state index contributed by atoms with van der Waals surface area (Å²) in [5.74, 6) is -0.723. The van der Waals surface area contributed by atoms with Crippen LogP contribution in [0.5, 0.6) is 0 Å². The highest BCUT2D eigenvalue weighted by atomic mass is 16.5. The zero-order chi connectivity index (χ0) is 35.0. The second-order valence-corrected chi connectivity index (χ2v) is 13.1. The molecule has 0 fully saturated rings. The van der Waals surface area contributed by atoms with Crippen molar-refractivity contribution in [3.8, 4) is 0 Å². The van der Waals surface area contributed by atoms with Crippen LogP contribution < -0.4 is 0 Å². The van der Waals surface area contributed by atoms with Crippen LogP contribution in [0.15, 0.2) is 72.9 Å². The molecule has 0 aromatic rings. The summed E-state index contributed by atoms with van der Waals surface area (Å²) < 4.78 is 5.97. The minimum absolute atomic E-state index is 0.0453. The van der Waals surface area contributed by atoms with Crippen LogP contribution in [0.2, 0.25) is 0 Å². The molecule has 0 heterocycles. The third-order valence-corrected chi connectivity index (χ3v) is 8.46. The summed E-state index contributed by atoms with van der Waals surface area (Å²) >= 11 is 0. The summed E-state index contributed by atoms with van der Waals surface area (Å²) in [5, 5.41) is 8.70. The maximum atomic E-state index is 12.6. The van der Waals surface area contributed by atoms with Crippen molar-refractivity contribution < 1.29 is 19.4 Å². The largest absolute Gasteiger partial charge is 0.481 e. The molecule has 0 aliphatic heterocycles. The Labute approximate surface area is 297 Å². The number of carboxylic acids is 1. The number of hydrogen-bond acceptors (Lipinski definition) is 3.